The lowest BCUT2D eigenvalue weighted by atomic mass is 9.86. The average Bonchev–Trinajstić information content (AvgIpc) is 3.18. The van der Waals surface area contributed by atoms with Crippen LogP contribution in [0.15, 0.2) is 35.3 Å². The maximum Gasteiger partial charge on any atom is 0.343 e. The van der Waals surface area contributed by atoms with Gasteiger partial charge in [0.05, 0.1) is 40.5 Å². The standard InChI is InChI=1S/C24H21N3O7/c1-3-24(30)18-10-20-21-16(11-26(20)22(28)17(18)12-34-23(24)29)14(7-8-27(31)32)15-9-13(33-4-2)5-6-19(15)25-21/h5-10,30H,3-4,11-12H2,1-2H3. The molecule has 174 valence electrons. The molecule has 2 aliphatic heterocycles. The van der Waals surface area contributed by atoms with Crippen LogP contribution >= 0.6 is 0 Å². The number of aromatic nitrogens is 2. The number of cyclic esters (lactones) is 1. The highest BCUT2D eigenvalue weighted by atomic mass is 16.6. The summed E-state index contributed by atoms with van der Waals surface area (Å²) in [4.78, 5) is 41.0. The van der Waals surface area contributed by atoms with Crippen molar-refractivity contribution < 1.29 is 24.3 Å². The molecular formula is C24H21N3O7. The van der Waals surface area contributed by atoms with Crippen molar-refractivity contribution in [2.75, 3.05) is 6.61 Å². The third-order valence-corrected chi connectivity index (χ3v) is 6.38. The largest absolute Gasteiger partial charge is 0.494 e. The fourth-order valence-electron chi connectivity index (χ4n) is 4.67. The van der Waals surface area contributed by atoms with Crippen LogP contribution < -0.4 is 10.3 Å². The Balaban J connectivity index is 1.80. The molecule has 0 saturated heterocycles. The summed E-state index contributed by atoms with van der Waals surface area (Å²) in [7, 11) is 0. The fraction of sp³-hybridized carbons (Fsp3) is 0.292. The number of hydrogen-bond donors (Lipinski definition) is 1. The molecule has 1 atom stereocenters. The van der Waals surface area contributed by atoms with Crippen LogP contribution in [0.4, 0.5) is 0 Å². The molecule has 0 bridgehead atoms. The normalized spacial score (nSPS) is 18.5. The number of rotatable bonds is 5. The molecule has 0 radical (unpaired) electrons. The molecule has 0 aliphatic carbocycles. The molecule has 1 aromatic carbocycles. The topological polar surface area (TPSA) is 134 Å². The molecule has 0 fully saturated rings. The summed E-state index contributed by atoms with van der Waals surface area (Å²) in [5, 5.41) is 22.8. The van der Waals surface area contributed by atoms with Crippen molar-refractivity contribution in [3.05, 3.63) is 73.2 Å². The molecule has 1 N–H and O–H groups in total. The molecule has 34 heavy (non-hydrogen) atoms. The van der Waals surface area contributed by atoms with E-state index in [4.69, 9.17) is 14.5 Å². The van der Waals surface area contributed by atoms with Gasteiger partial charge >= 0.3 is 5.97 Å². The zero-order valence-corrected chi connectivity index (χ0v) is 18.5. The van der Waals surface area contributed by atoms with Crippen LogP contribution in [0.5, 0.6) is 5.75 Å². The summed E-state index contributed by atoms with van der Waals surface area (Å²) < 4.78 is 12.2. The number of ether oxygens (including phenoxy) is 2. The van der Waals surface area contributed by atoms with Crippen LogP contribution in [0.3, 0.4) is 0 Å². The average molecular weight is 463 g/mol. The van der Waals surface area contributed by atoms with Crippen molar-refractivity contribution in [3.63, 3.8) is 0 Å². The second-order valence-corrected chi connectivity index (χ2v) is 8.17. The van der Waals surface area contributed by atoms with Gasteiger partial charge in [0.1, 0.15) is 12.4 Å². The minimum atomic E-state index is -1.93. The fourth-order valence-corrected chi connectivity index (χ4v) is 4.67. The Labute approximate surface area is 193 Å². The van der Waals surface area contributed by atoms with Gasteiger partial charge in [-0.25, -0.2) is 9.78 Å². The highest BCUT2D eigenvalue weighted by Crippen LogP contribution is 2.41. The number of fused-ring (bicyclic) bond motifs is 5. The molecule has 5 rings (SSSR count). The van der Waals surface area contributed by atoms with Crippen LogP contribution in [0, 0.1) is 10.1 Å². The van der Waals surface area contributed by atoms with Crippen LogP contribution in [0.2, 0.25) is 0 Å². The number of esters is 1. The molecule has 0 spiro atoms. The van der Waals surface area contributed by atoms with E-state index >= 15 is 0 Å². The van der Waals surface area contributed by atoms with E-state index in [1.807, 2.05) is 6.92 Å². The number of aliphatic hydroxyl groups is 1. The van der Waals surface area contributed by atoms with E-state index in [2.05, 4.69) is 0 Å². The third-order valence-electron chi connectivity index (χ3n) is 6.38. The van der Waals surface area contributed by atoms with Gasteiger partial charge in [-0.05, 0) is 43.2 Å². The van der Waals surface area contributed by atoms with Gasteiger partial charge in [-0.3, -0.25) is 14.9 Å². The summed E-state index contributed by atoms with van der Waals surface area (Å²) in [5.41, 5.74) is 0.759. The Morgan fingerprint density at radius 3 is 2.79 bits per heavy atom. The third kappa shape index (κ3) is 3.10. The first kappa shape index (κ1) is 21.8. The zero-order chi connectivity index (χ0) is 24.2. The lowest BCUT2D eigenvalue weighted by Gasteiger charge is -2.31. The number of carbonyl (C=O) groups excluding carboxylic acids is 1. The lowest BCUT2D eigenvalue weighted by molar-refractivity contribution is -0.400. The summed E-state index contributed by atoms with van der Waals surface area (Å²) >= 11 is 0. The minimum absolute atomic E-state index is 0.0385. The second kappa shape index (κ2) is 7.77. The quantitative estimate of drug-likeness (QED) is 0.271. The number of pyridine rings is 2. The SMILES string of the molecule is CCOc1ccc2nc3c(c(C=C[N+](=O)[O-])c2c1)Cn1c-3cc2c(c1=O)COC(=O)C2(O)CC. The Bertz CT molecular complexity index is 1470. The summed E-state index contributed by atoms with van der Waals surface area (Å²) in [6.07, 6.45) is 2.28. The first-order valence-electron chi connectivity index (χ1n) is 10.9. The molecule has 10 nitrogen and oxygen atoms in total. The van der Waals surface area contributed by atoms with Crippen LogP contribution in [0.25, 0.3) is 28.4 Å². The van der Waals surface area contributed by atoms with E-state index in [-0.39, 0.29) is 30.7 Å². The Hall–Kier alpha value is -4.05. The Morgan fingerprint density at radius 1 is 1.29 bits per heavy atom. The first-order chi connectivity index (χ1) is 16.3. The number of nitrogens with zero attached hydrogens (tertiary/aromatic N) is 3. The van der Waals surface area contributed by atoms with Gasteiger partial charge < -0.3 is 19.1 Å². The highest BCUT2D eigenvalue weighted by molar-refractivity contribution is 5.94. The summed E-state index contributed by atoms with van der Waals surface area (Å²) in [6, 6.07) is 6.89. The van der Waals surface area contributed by atoms with Crippen molar-refractivity contribution >= 4 is 22.9 Å². The number of benzene rings is 1. The molecule has 2 aliphatic rings. The van der Waals surface area contributed by atoms with E-state index in [1.165, 1.54) is 10.6 Å². The van der Waals surface area contributed by atoms with Crippen molar-refractivity contribution in [2.45, 2.75) is 39.0 Å². The first-order valence-corrected chi connectivity index (χ1v) is 10.9. The highest BCUT2D eigenvalue weighted by Gasteiger charge is 2.45. The smallest absolute Gasteiger partial charge is 0.343 e. The zero-order valence-electron chi connectivity index (χ0n) is 18.5. The van der Waals surface area contributed by atoms with Gasteiger partial charge in [0.25, 0.3) is 5.56 Å². The Morgan fingerprint density at radius 2 is 2.09 bits per heavy atom. The van der Waals surface area contributed by atoms with Gasteiger partial charge in [0.15, 0.2) is 5.60 Å². The van der Waals surface area contributed by atoms with E-state index in [0.717, 1.165) is 6.20 Å². The van der Waals surface area contributed by atoms with Crippen molar-refractivity contribution in [1.29, 1.82) is 0 Å². The van der Waals surface area contributed by atoms with E-state index in [1.54, 1.807) is 31.2 Å². The molecule has 0 saturated carbocycles. The van der Waals surface area contributed by atoms with Crippen LogP contribution in [0.1, 0.15) is 42.5 Å². The Kier molecular flexibility index (Phi) is 4.98. The molecule has 2 aromatic heterocycles. The lowest BCUT2D eigenvalue weighted by Crippen LogP contribution is -2.44. The van der Waals surface area contributed by atoms with Crippen molar-refractivity contribution in [2.24, 2.45) is 0 Å². The van der Waals surface area contributed by atoms with Gasteiger partial charge in [-0.2, -0.15) is 0 Å². The molecule has 10 heteroatoms. The van der Waals surface area contributed by atoms with E-state index < -0.39 is 22.1 Å². The minimum Gasteiger partial charge on any atom is -0.494 e. The van der Waals surface area contributed by atoms with Gasteiger partial charge in [0, 0.05) is 22.6 Å². The molecular weight excluding hydrogens is 442 g/mol. The maximum absolute atomic E-state index is 13.4. The maximum atomic E-state index is 13.4. The molecule has 0 amide bonds. The number of nitro groups is 1. The summed E-state index contributed by atoms with van der Waals surface area (Å²) in [5.74, 6) is -0.200. The van der Waals surface area contributed by atoms with Gasteiger partial charge in [-0.1, -0.05) is 6.92 Å². The van der Waals surface area contributed by atoms with Crippen LogP contribution in [-0.2, 0) is 28.3 Å². The monoisotopic (exact) mass is 463 g/mol. The summed E-state index contributed by atoms with van der Waals surface area (Å²) in [6.45, 7) is 3.85. The predicted octanol–water partition coefficient (Wildman–Crippen LogP) is 2.73. The van der Waals surface area contributed by atoms with Crippen molar-refractivity contribution in [3.8, 4) is 17.1 Å². The van der Waals surface area contributed by atoms with E-state index in [0.29, 0.717) is 45.8 Å². The van der Waals surface area contributed by atoms with Gasteiger partial charge in [-0.15, -0.1) is 0 Å². The number of carbonyl (C=O) groups is 1. The predicted molar refractivity (Wildman–Crippen MR) is 122 cm³/mol. The molecule has 4 heterocycles. The van der Waals surface area contributed by atoms with Crippen LogP contribution in [-0.4, -0.2) is 32.2 Å². The number of hydrogen-bond acceptors (Lipinski definition) is 8. The van der Waals surface area contributed by atoms with Gasteiger partial charge in [0.2, 0.25) is 6.20 Å². The molecule has 1 unspecified atom stereocenters. The van der Waals surface area contributed by atoms with Crippen molar-refractivity contribution in [1.82, 2.24) is 9.55 Å². The molecule has 3 aromatic rings. The second-order valence-electron chi connectivity index (χ2n) is 8.17. The van der Waals surface area contributed by atoms with E-state index in [9.17, 15) is 24.8 Å².